The predicted molar refractivity (Wildman–Crippen MR) is 85.1 cm³/mol. The van der Waals surface area contributed by atoms with Crippen molar-refractivity contribution in [1.29, 1.82) is 0 Å². The van der Waals surface area contributed by atoms with Crippen LogP contribution in [0.1, 0.15) is 12.8 Å². The topological polar surface area (TPSA) is 67.4 Å². The molecule has 2 saturated heterocycles. The van der Waals surface area contributed by atoms with E-state index in [-0.39, 0.29) is 17.9 Å². The highest BCUT2D eigenvalue weighted by atomic mass is 32.1. The van der Waals surface area contributed by atoms with Gasteiger partial charge in [0, 0.05) is 32.2 Å². The van der Waals surface area contributed by atoms with E-state index in [9.17, 15) is 4.79 Å². The van der Waals surface area contributed by atoms with Gasteiger partial charge in [0.15, 0.2) is 0 Å². The fraction of sp³-hybridized carbons (Fsp3) is 0.533. The first-order chi connectivity index (χ1) is 10.8. The van der Waals surface area contributed by atoms with Gasteiger partial charge in [0.05, 0.1) is 16.3 Å². The lowest BCUT2D eigenvalue weighted by Crippen LogP contribution is -2.60. The molecule has 2 fully saturated rings. The number of carbonyl (C=O) groups excluding carboxylic acids is 1. The number of hydrogen-bond donors (Lipinski definition) is 1. The molecule has 0 unspecified atom stereocenters. The second-order valence-electron chi connectivity index (χ2n) is 5.83. The molecule has 7 heteroatoms. The number of nitrogens with one attached hydrogen (secondary N) is 1. The van der Waals surface area contributed by atoms with Crippen LogP contribution in [-0.2, 0) is 9.53 Å². The Labute approximate surface area is 132 Å². The van der Waals surface area contributed by atoms with Crippen molar-refractivity contribution in [3.8, 4) is 0 Å². The molecule has 0 atom stereocenters. The van der Waals surface area contributed by atoms with Crippen LogP contribution in [0.5, 0.6) is 0 Å². The zero-order valence-corrected chi connectivity index (χ0v) is 13.0. The van der Waals surface area contributed by atoms with Gasteiger partial charge in [-0.15, -0.1) is 11.3 Å². The Morgan fingerprint density at radius 3 is 2.95 bits per heavy atom. The zero-order chi connectivity index (χ0) is 14.9. The molecule has 22 heavy (non-hydrogen) atoms. The molecule has 2 aliphatic heterocycles. The average Bonchev–Trinajstić information content (AvgIpc) is 3.00. The maximum Gasteiger partial charge on any atom is 0.223 e. The van der Waals surface area contributed by atoms with E-state index < -0.39 is 0 Å². The maximum atomic E-state index is 12.2. The lowest BCUT2D eigenvalue weighted by Gasteiger charge is -2.41. The number of hydrogen-bond acceptors (Lipinski definition) is 6. The lowest BCUT2D eigenvalue weighted by molar-refractivity contribution is -0.128. The summed E-state index contributed by atoms with van der Waals surface area (Å²) in [7, 11) is 0. The van der Waals surface area contributed by atoms with Gasteiger partial charge in [-0.25, -0.2) is 9.97 Å². The van der Waals surface area contributed by atoms with Crippen LogP contribution in [0.25, 0.3) is 10.2 Å². The van der Waals surface area contributed by atoms with Crippen LogP contribution in [0.15, 0.2) is 17.8 Å². The van der Waals surface area contributed by atoms with E-state index in [0.717, 1.165) is 42.0 Å². The highest BCUT2D eigenvalue weighted by Crippen LogP contribution is 2.30. The number of thiophene rings is 1. The van der Waals surface area contributed by atoms with Crippen LogP contribution in [-0.4, -0.2) is 48.2 Å². The quantitative estimate of drug-likeness (QED) is 0.927. The third-order valence-electron chi connectivity index (χ3n) is 4.34. The van der Waals surface area contributed by atoms with Crippen molar-refractivity contribution >= 4 is 33.3 Å². The van der Waals surface area contributed by atoms with E-state index in [1.807, 2.05) is 11.4 Å². The van der Waals surface area contributed by atoms with Gasteiger partial charge in [0.1, 0.15) is 12.1 Å². The van der Waals surface area contributed by atoms with Crippen LogP contribution in [0.2, 0.25) is 0 Å². The Bertz CT molecular complexity index is 677. The van der Waals surface area contributed by atoms with E-state index in [0.29, 0.717) is 13.2 Å². The summed E-state index contributed by atoms with van der Waals surface area (Å²) < 4.78 is 6.42. The molecule has 1 amide bonds. The summed E-state index contributed by atoms with van der Waals surface area (Å²) in [5.41, 5.74) is 0.990. The molecule has 0 radical (unpaired) electrons. The van der Waals surface area contributed by atoms with Crippen LogP contribution in [0.3, 0.4) is 0 Å². The van der Waals surface area contributed by atoms with Gasteiger partial charge in [-0.1, -0.05) is 0 Å². The van der Waals surface area contributed by atoms with Crippen LogP contribution in [0.4, 0.5) is 5.82 Å². The standard InChI is InChI=1S/C15H18N4O2S/c20-15(10-1-4-21-5-2-10)18-11-7-19(8-11)14-13-12(3-6-22-13)16-9-17-14/h3,6,9-11H,1-2,4-5,7-8H2,(H,18,20). The number of ether oxygens (including phenoxy) is 1. The summed E-state index contributed by atoms with van der Waals surface area (Å²) in [6.45, 7) is 3.04. The third-order valence-corrected chi connectivity index (χ3v) is 5.24. The van der Waals surface area contributed by atoms with Gasteiger partial charge < -0.3 is 15.0 Å². The normalized spacial score (nSPS) is 20.1. The van der Waals surface area contributed by atoms with E-state index in [4.69, 9.17) is 4.74 Å². The molecule has 0 bridgehead atoms. The summed E-state index contributed by atoms with van der Waals surface area (Å²) in [5, 5.41) is 5.19. The van der Waals surface area contributed by atoms with Crippen LogP contribution >= 0.6 is 11.3 Å². The smallest absolute Gasteiger partial charge is 0.223 e. The molecular formula is C15H18N4O2S. The Morgan fingerprint density at radius 1 is 1.32 bits per heavy atom. The molecule has 0 spiro atoms. The molecule has 6 nitrogen and oxygen atoms in total. The Morgan fingerprint density at radius 2 is 2.14 bits per heavy atom. The van der Waals surface area contributed by atoms with Crippen LogP contribution < -0.4 is 10.2 Å². The van der Waals surface area contributed by atoms with Gasteiger partial charge in [-0.2, -0.15) is 0 Å². The number of carbonyl (C=O) groups is 1. The van der Waals surface area contributed by atoms with Crippen molar-refractivity contribution in [3.63, 3.8) is 0 Å². The van der Waals surface area contributed by atoms with Crippen molar-refractivity contribution in [2.24, 2.45) is 5.92 Å². The highest BCUT2D eigenvalue weighted by molar-refractivity contribution is 7.17. The zero-order valence-electron chi connectivity index (χ0n) is 12.2. The summed E-state index contributed by atoms with van der Waals surface area (Å²) in [6, 6.07) is 2.23. The van der Waals surface area contributed by atoms with Crippen molar-refractivity contribution < 1.29 is 9.53 Å². The lowest BCUT2D eigenvalue weighted by atomic mass is 9.98. The van der Waals surface area contributed by atoms with Gasteiger partial charge >= 0.3 is 0 Å². The number of fused-ring (bicyclic) bond motifs is 1. The number of aromatic nitrogens is 2. The summed E-state index contributed by atoms with van der Waals surface area (Å²) in [5.74, 6) is 1.28. The molecule has 2 aromatic rings. The van der Waals surface area contributed by atoms with Gasteiger partial charge in [-0.3, -0.25) is 4.79 Å². The highest BCUT2D eigenvalue weighted by Gasteiger charge is 2.32. The second-order valence-corrected chi connectivity index (χ2v) is 6.75. The molecular weight excluding hydrogens is 300 g/mol. The summed E-state index contributed by atoms with van der Waals surface area (Å²) in [4.78, 5) is 23.1. The van der Waals surface area contributed by atoms with E-state index in [2.05, 4.69) is 20.2 Å². The minimum absolute atomic E-state index is 0.117. The maximum absolute atomic E-state index is 12.2. The first-order valence-corrected chi connectivity index (χ1v) is 8.50. The molecule has 2 aromatic heterocycles. The van der Waals surface area contributed by atoms with Crippen molar-refractivity contribution in [2.45, 2.75) is 18.9 Å². The van der Waals surface area contributed by atoms with Gasteiger partial charge in [0.25, 0.3) is 0 Å². The second kappa shape index (κ2) is 5.81. The summed E-state index contributed by atoms with van der Waals surface area (Å²) >= 11 is 1.66. The van der Waals surface area contributed by atoms with Gasteiger partial charge in [0.2, 0.25) is 5.91 Å². The largest absolute Gasteiger partial charge is 0.381 e. The fourth-order valence-corrected chi connectivity index (χ4v) is 3.88. The number of amides is 1. The number of anilines is 1. The monoisotopic (exact) mass is 318 g/mol. The Balaban J connectivity index is 1.36. The Kier molecular flexibility index (Phi) is 3.67. The Hall–Kier alpha value is -1.73. The molecule has 0 saturated carbocycles. The predicted octanol–water partition coefficient (Wildman–Crippen LogP) is 1.42. The minimum Gasteiger partial charge on any atom is -0.381 e. The van der Waals surface area contributed by atoms with Gasteiger partial charge in [-0.05, 0) is 24.3 Å². The van der Waals surface area contributed by atoms with Crippen molar-refractivity contribution in [1.82, 2.24) is 15.3 Å². The molecule has 2 aliphatic rings. The average molecular weight is 318 g/mol. The first kappa shape index (κ1) is 13.9. The van der Waals surface area contributed by atoms with Crippen LogP contribution in [0, 0.1) is 5.92 Å². The fourth-order valence-electron chi connectivity index (χ4n) is 3.02. The molecule has 116 valence electrons. The van der Waals surface area contributed by atoms with E-state index >= 15 is 0 Å². The number of nitrogens with zero attached hydrogens (tertiary/aromatic N) is 3. The molecule has 4 heterocycles. The molecule has 0 aliphatic carbocycles. The minimum atomic E-state index is 0.117. The van der Waals surface area contributed by atoms with Crippen molar-refractivity contribution in [3.05, 3.63) is 17.8 Å². The molecule has 1 N–H and O–H groups in total. The SMILES string of the molecule is O=C(NC1CN(c2ncnc3ccsc23)C1)C1CCOCC1. The third kappa shape index (κ3) is 2.55. The number of rotatable bonds is 3. The van der Waals surface area contributed by atoms with E-state index in [1.54, 1.807) is 17.7 Å². The summed E-state index contributed by atoms with van der Waals surface area (Å²) in [6.07, 6.45) is 3.28. The van der Waals surface area contributed by atoms with E-state index in [1.165, 1.54) is 0 Å². The molecule has 4 rings (SSSR count). The molecule has 0 aromatic carbocycles. The first-order valence-electron chi connectivity index (χ1n) is 7.62. The van der Waals surface area contributed by atoms with Crippen molar-refractivity contribution in [2.75, 3.05) is 31.2 Å².